The molecule has 0 bridgehead atoms. The number of halogens is 2. The molecule has 3 nitrogen and oxygen atoms in total. The Labute approximate surface area is 131 Å². The highest BCUT2D eigenvalue weighted by Crippen LogP contribution is 2.30. The van der Waals surface area contributed by atoms with E-state index in [0.717, 1.165) is 19.4 Å². The smallest absolute Gasteiger partial charge is 0.181 e. The summed E-state index contributed by atoms with van der Waals surface area (Å²) in [5.41, 5.74) is 0. The second kappa shape index (κ2) is 8.23. The third kappa shape index (κ3) is 5.24. The summed E-state index contributed by atoms with van der Waals surface area (Å²) >= 11 is 11.9. The lowest BCUT2D eigenvalue weighted by molar-refractivity contribution is 0.506. The van der Waals surface area contributed by atoms with Crippen molar-refractivity contribution in [2.45, 2.75) is 44.0 Å². The maximum atomic E-state index is 12.3. The molecule has 20 heavy (non-hydrogen) atoms. The van der Waals surface area contributed by atoms with Gasteiger partial charge < -0.3 is 5.32 Å². The van der Waals surface area contributed by atoms with E-state index in [-0.39, 0.29) is 20.7 Å². The van der Waals surface area contributed by atoms with Gasteiger partial charge in [-0.2, -0.15) is 0 Å². The van der Waals surface area contributed by atoms with Gasteiger partial charge in [0.05, 0.1) is 15.8 Å². The molecule has 0 heterocycles. The lowest BCUT2D eigenvalue weighted by Gasteiger charge is -2.13. The Morgan fingerprint density at radius 2 is 1.85 bits per heavy atom. The van der Waals surface area contributed by atoms with Crippen LogP contribution in [0.5, 0.6) is 0 Å². The molecule has 0 saturated carbocycles. The first-order valence-corrected chi connectivity index (χ1v) is 9.19. The van der Waals surface area contributed by atoms with Crippen LogP contribution in [0.4, 0.5) is 0 Å². The summed E-state index contributed by atoms with van der Waals surface area (Å²) in [6.07, 6.45) is 2.46. The zero-order valence-corrected chi connectivity index (χ0v) is 14.2. The number of sulfone groups is 1. The average molecular weight is 338 g/mol. The van der Waals surface area contributed by atoms with E-state index in [1.165, 1.54) is 0 Å². The van der Waals surface area contributed by atoms with Gasteiger partial charge in [-0.15, -0.1) is 0 Å². The van der Waals surface area contributed by atoms with Gasteiger partial charge in [-0.3, -0.25) is 0 Å². The van der Waals surface area contributed by atoms with Gasteiger partial charge >= 0.3 is 0 Å². The Balaban J connectivity index is 2.63. The van der Waals surface area contributed by atoms with E-state index >= 15 is 0 Å². The van der Waals surface area contributed by atoms with Crippen molar-refractivity contribution >= 4 is 33.0 Å². The van der Waals surface area contributed by atoms with Crippen LogP contribution in [-0.2, 0) is 9.84 Å². The third-order valence-electron chi connectivity index (χ3n) is 3.02. The summed E-state index contributed by atoms with van der Waals surface area (Å²) in [5.74, 6) is 0.0641. The first-order valence-electron chi connectivity index (χ1n) is 6.78. The van der Waals surface area contributed by atoms with Gasteiger partial charge in [-0.1, -0.05) is 36.2 Å². The van der Waals surface area contributed by atoms with Crippen molar-refractivity contribution in [3.05, 3.63) is 28.2 Å². The van der Waals surface area contributed by atoms with Crippen LogP contribution in [0.3, 0.4) is 0 Å². The summed E-state index contributed by atoms with van der Waals surface area (Å²) < 4.78 is 24.6. The predicted molar refractivity (Wildman–Crippen MR) is 85.5 cm³/mol. The highest BCUT2D eigenvalue weighted by atomic mass is 35.5. The molecular weight excluding hydrogens is 317 g/mol. The SMILES string of the molecule is CCCNC(C)CCCS(=O)(=O)c1c(Cl)cccc1Cl. The zero-order chi connectivity index (χ0) is 15.2. The van der Waals surface area contributed by atoms with E-state index in [1.54, 1.807) is 18.2 Å². The van der Waals surface area contributed by atoms with Crippen LogP contribution in [0.25, 0.3) is 0 Å². The van der Waals surface area contributed by atoms with E-state index in [4.69, 9.17) is 23.2 Å². The van der Waals surface area contributed by atoms with Crippen LogP contribution in [0.2, 0.25) is 10.0 Å². The summed E-state index contributed by atoms with van der Waals surface area (Å²) in [6, 6.07) is 5.05. The second-order valence-electron chi connectivity index (χ2n) is 4.87. The normalized spacial score (nSPS) is 13.4. The van der Waals surface area contributed by atoms with Crippen LogP contribution in [0, 0.1) is 0 Å². The van der Waals surface area contributed by atoms with E-state index < -0.39 is 9.84 Å². The molecule has 0 spiro atoms. The van der Waals surface area contributed by atoms with Crippen molar-refractivity contribution in [1.29, 1.82) is 0 Å². The molecule has 114 valence electrons. The lowest BCUT2D eigenvalue weighted by atomic mass is 10.2. The first kappa shape index (κ1) is 17.8. The maximum absolute atomic E-state index is 12.3. The van der Waals surface area contributed by atoms with Crippen molar-refractivity contribution < 1.29 is 8.42 Å². The van der Waals surface area contributed by atoms with Crippen LogP contribution in [0.1, 0.15) is 33.1 Å². The van der Waals surface area contributed by atoms with Gasteiger partial charge in [0.1, 0.15) is 4.90 Å². The largest absolute Gasteiger partial charge is 0.314 e. The van der Waals surface area contributed by atoms with E-state index in [9.17, 15) is 8.42 Å². The van der Waals surface area contributed by atoms with Crippen molar-refractivity contribution in [3.63, 3.8) is 0 Å². The van der Waals surface area contributed by atoms with E-state index in [1.807, 2.05) is 0 Å². The molecule has 1 aromatic rings. The van der Waals surface area contributed by atoms with Gasteiger partial charge in [0.15, 0.2) is 9.84 Å². The third-order valence-corrected chi connectivity index (χ3v) is 5.76. The van der Waals surface area contributed by atoms with Crippen molar-refractivity contribution in [3.8, 4) is 0 Å². The Hall–Kier alpha value is -0.290. The van der Waals surface area contributed by atoms with Gasteiger partial charge in [0.2, 0.25) is 0 Å². The Morgan fingerprint density at radius 1 is 1.25 bits per heavy atom. The van der Waals surface area contributed by atoms with Crippen molar-refractivity contribution in [1.82, 2.24) is 5.32 Å². The molecule has 1 N–H and O–H groups in total. The fourth-order valence-electron chi connectivity index (χ4n) is 1.95. The minimum absolute atomic E-state index is 0.0532. The summed E-state index contributed by atoms with van der Waals surface area (Å²) in [4.78, 5) is 0.0532. The van der Waals surface area contributed by atoms with Gasteiger partial charge in [-0.05, 0) is 44.9 Å². The van der Waals surface area contributed by atoms with Crippen LogP contribution >= 0.6 is 23.2 Å². The Morgan fingerprint density at radius 3 is 2.40 bits per heavy atom. The molecule has 0 aliphatic heterocycles. The molecule has 1 atom stereocenters. The molecule has 6 heteroatoms. The van der Waals surface area contributed by atoms with Crippen LogP contribution < -0.4 is 5.32 Å². The standard InChI is InChI=1S/C14H21Cl2NO2S/c1-3-9-17-11(2)6-5-10-20(18,19)14-12(15)7-4-8-13(14)16/h4,7-8,11,17H,3,5-6,9-10H2,1-2H3. The van der Waals surface area contributed by atoms with Gasteiger partial charge in [-0.25, -0.2) is 8.42 Å². The zero-order valence-electron chi connectivity index (χ0n) is 11.8. The van der Waals surface area contributed by atoms with E-state index in [2.05, 4.69) is 19.2 Å². The van der Waals surface area contributed by atoms with E-state index in [0.29, 0.717) is 12.5 Å². The molecule has 0 amide bonds. The highest BCUT2D eigenvalue weighted by Gasteiger charge is 2.21. The van der Waals surface area contributed by atoms with Gasteiger partial charge in [0.25, 0.3) is 0 Å². The molecule has 1 unspecified atom stereocenters. The molecular formula is C14H21Cl2NO2S. The van der Waals surface area contributed by atoms with Crippen LogP contribution in [0.15, 0.2) is 23.1 Å². The Bertz CT molecular complexity index is 512. The minimum atomic E-state index is -3.43. The predicted octanol–water partition coefficient (Wildman–Crippen LogP) is 3.94. The topological polar surface area (TPSA) is 46.2 Å². The quantitative estimate of drug-likeness (QED) is 0.781. The summed E-state index contributed by atoms with van der Waals surface area (Å²) in [5, 5.41) is 3.71. The number of benzene rings is 1. The molecule has 0 aromatic heterocycles. The second-order valence-corrected chi connectivity index (χ2v) is 7.73. The summed E-state index contributed by atoms with van der Waals surface area (Å²) in [7, 11) is -3.43. The molecule has 0 radical (unpaired) electrons. The van der Waals surface area contributed by atoms with Gasteiger partial charge in [0, 0.05) is 6.04 Å². The maximum Gasteiger partial charge on any atom is 0.181 e. The average Bonchev–Trinajstić information content (AvgIpc) is 2.35. The first-order chi connectivity index (χ1) is 9.38. The molecule has 0 aliphatic rings. The number of nitrogens with one attached hydrogen (secondary N) is 1. The number of hydrogen-bond donors (Lipinski definition) is 1. The highest BCUT2D eigenvalue weighted by molar-refractivity contribution is 7.91. The molecule has 0 saturated heterocycles. The summed E-state index contributed by atoms with van der Waals surface area (Å²) in [6.45, 7) is 5.11. The fourth-order valence-corrected chi connectivity index (χ4v) is 4.54. The van der Waals surface area contributed by atoms with Crippen molar-refractivity contribution in [2.24, 2.45) is 0 Å². The molecule has 1 rings (SSSR count). The monoisotopic (exact) mass is 337 g/mol. The number of hydrogen-bond acceptors (Lipinski definition) is 3. The minimum Gasteiger partial charge on any atom is -0.314 e. The number of rotatable bonds is 8. The molecule has 0 aliphatic carbocycles. The lowest BCUT2D eigenvalue weighted by Crippen LogP contribution is -2.27. The fraction of sp³-hybridized carbons (Fsp3) is 0.571. The Kier molecular flexibility index (Phi) is 7.30. The molecule has 1 aromatic carbocycles. The van der Waals surface area contributed by atoms with Crippen molar-refractivity contribution in [2.75, 3.05) is 12.3 Å². The van der Waals surface area contributed by atoms with Crippen LogP contribution in [-0.4, -0.2) is 26.8 Å². The molecule has 0 fully saturated rings.